The van der Waals surface area contributed by atoms with Crippen molar-refractivity contribution in [3.63, 3.8) is 0 Å². The number of benzene rings is 1. The van der Waals surface area contributed by atoms with Crippen LogP contribution in [0.4, 0.5) is 11.4 Å². The maximum absolute atomic E-state index is 6.03. The predicted molar refractivity (Wildman–Crippen MR) is 60.3 cm³/mol. The van der Waals surface area contributed by atoms with E-state index in [0.717, 1.165) is 16.5 Å². The smallest absolute Gasteiger partial charge is 0.0768 e. The molecule has 0 radical (unpaired) electrons. The summed E-state index contributed by atoms with van der Waals surface area (Å²) >= 11 is 6.03. The molecule has 0 saturated heterocycles. The summed E-state index contributed by atoms with van der Waals surface area (Å²) in [5, 5.41) is 1.33. The van der Waals surface area contributed by atoms with Crippen molar-refractivity contribution in [2.24, 2.45) is 0 Å². The number of nitrogens with zero attached hydrogens (tertiary/aromatic N) is 1. The van der Waals surface area contributed by atoms with Crippen molar-refractivity contribution in [3.05, 3.63) is 28.9 Å². The molecule has 0 unspecified atom stereocenters. The number of fused-ring (bicyclic) bond motifs is 1. The van der Waals surface area contributed by atoms with Crippen molar-refractivity contribution in [1.82, 2.24) is 4.98 Å². The van der Waals surface area contributed by atoms with Crippen LogP contribution in [-0.2, 0) is 0 Å². The average Bonchev–Trinajstić information content (AvgIpc) is 2.16. The number of nitrogens with two attached hydrogens (primary N) is 2. The average molecular weight is 208 g/mol. The van der Waals surface area contributed by atoms with Gasteiger partial charge < -0.3 is 11.5 Å². The Labute approximate surface area is 86.7 Å². The zero-order chi connectivity index (χ0) is 10.3. The lowest BCUT2D eigenvalue weighted by atomic mass is 10.1. The number of nitrogen functional groups attached to an aromatic ring is 2. The highest BCUT2D eigenvalue weighted by atomic mass is 35.5. The highest BCUT2D eigenvalue weighted by molar-refractivity contribution is 6.36. The van der Waals surface area contributed by atoms with Crippen LogP contribution in [0.3, 0.4) is 0 Å². The van der Waals surface area contributed by atoms with E-state index in [2.05, 4.69) is 4.98 Å². The number of aromatic nitrogens is 1. The van der Waals surface area contributed by atoms with Gasteiger partial charge in [0, 0.05) is 5.39 Å². The van der Waals surface area contributed by atoms with Gasteiger partial charge in [-0.25, -0.2) is 0 Å². The Morgan fingerprint density at radius 1 is 1.29 bits per heavy atom. The normalized spacial score (nSPS) is 10.7. The third kappa shape index (κ3) is 1.17. The van der Waals surface area contributed by atoms with Gasteiger partial charge in [0.05, 0.1) is 28.1 Å². The molecule has 0 atom stereocenters. The zero-order valence-electron chi connectivity index (χ0n) is 7.71. The Morgan fingerprint density at radius 2 is 2.00 bits per heavy atom. The monoisotopic (exact) mass is 207 g/mol. The van der Waals surface area contributed by atoms with E-state index in [-0.39, 0.29) is 0 Å². The first-order valence-corrected chi connectivity index (χ1v) is 4.58. The minimum Gasteiger partial charge on any atom is -0.396 e. The SMILES string of the molecule is Cc1ccc(Cl)c2c(N)c(N)cnc12. The van der Waals surface area contributed by atoms with Gasteiger partial charge >= 0.3 is 0 Å². The molecule has 4 N–H and O–H groups in total. The van der Waals surface area contributed by atoms with Crippen molar-refractivity contribution < 1.29 is 0 Å². The summed E-state index contributed by atoms with van der Waals surface area (Å²) in [6.07, 6.45) is 1.56. The summed E-state index contributed by atoms with van der Waals surface area (Å²) in [7, 11) is 0. The molecule has 0 saturated carbocycles. The number of aryl methyl sites for hydroxylation is 1. The topological polar surface area (TPSA) is 64.9 Å². The van der Waals surface area contributed by atoms with Gasteiger partial charge in [0.1, 0.15) is 0 Å². The molecule has 0 aliphatic rings. The van der Waals surface area contributed by atoms with Gasteiger partial charge in [0.25, 0.3) is 0 Å². The number of hydrogen-bond acceptors (Lipinski definition) is 3. The van der Waals surface area contributed by atoms with Crippen molar-refractivity contribution in [1.29, 1.82) is 0 Å². The Bertz CT molecular complexity index is 508. The number of pyridine rings is 1. The maximum Gasteiger partial charge on any atom is 0.0768 e. The van der Waals surface area contributed by atoms with Crippen molar-refractivity contribution in [2.45, 2.75) is 6.92 Å². The Hall–Kier alpha value is -1.48. The first-order chi connectivity index (χ1) is 6.61. The minimum atomic E-state index is 0.463. The molecule has 0 spiro atoms. The van der Waals surface area contributed by atoms with E-state index in [0.29, 0.717) is 16.4 Å². The molecule has 0 bridgehead atoms. The van der Waals surface area contributed by atoms with E-state index in [4.69, 9.17) is 23.1 Å². The maximum atomic E-state index is 6.03. The largest absolute Gasteiger partial charge is 0.396 e. The van der Waals surface area contributed by atoms with Crippen molar-refractivity contribution >= 4 is 33.9 Å². The highest BCUT2D eigenvalue weighted by Gasteiger charge is 2.08. The summed E-state index contributed by atoms with van der Waals surface area (Å²) in [5.41, 5.74) is 14.3. The van der Waals surface area contributed by atoms with Gasteiger partial charge in [-0.05, 0) is 18.6 Å². The minimum absolute atomic E-state index is 0.463. The molecule has 2 aromatic rings. The summed E-state index contributed by atoms with van der Waals surface area (Å²) in [6, 6.07) is 3.71. The Kier molecular flexibility index (Phi) is 1.97. The number of halogens is 1. The van der Waals surface area contributed by atoms with Crippen LogP contribution in [0.15, 0.2) is 18.3 Å². The van der Waals surface area contributed by atoms with Crippen molar-refractivity contribution in [2.75, 3.05) is 11.5 Å². The molecule has 4 heteroatoms. The van der Waals surface area contributed by atoms with Gasteiger partial charge in [-0.15, -0.1) is 0 Å². The summed E-state index contributed by atoms with van der Waals surface area (Å²) in [6.45, 7) is 1.96. The van der Waals surface area contributed by atoms with Crippen LogP contribution in [0.25, 0.3) is 10.9 Å². The molecular weight excluding hydrogens is 198 g/mol. The molecule has 0 aliphatic carbocycles. The lowest BCUT2D eigenvalue weighted by Gasteiger charge is -2.08. The number of hydrogen-bond donors (Lipinski definition) is 2. The lowest BCUT2D eigenvalue weighted by molar-refractivity contribution is 1.37. The van der Waals surface area contributed by atoms with Crippen LogP contribution >= 0.6 is 11.6 Å². The zero-order valence-corrected chi connectivity index (χ0v) is 8.47. The molecule has 0 amide bonds. The number of anilines is 2. The fraction of sp³-hybridized carbons (Fsp3) is 0.100. The summed E-state index contributed by atoms with van der Waals surface area (Å²) in [5.74, 6) is 0. The van der Waals surface area contributed by atoms with Gasteiger partial charge in [-0.1, -0.05) is 17.7 Å². The van der Waals surface area contributed by atoms with E-state index in [1.54, 1.807) is 12.3 Å². The third-order valence-electron chi connectivity index (χ3n) is 2.24. The molecule has 0 aliphatic heterocycles. The lowest BCUT2D eigenvalue weighted by Crippen LogP contribution is -1.98. The molecule has 1 aromatic carbocycles. The van der Waals surface area contributed by atoms with E-state index in [9.17, 15) is 0 Å². The van der Waals surface area contributed by atoms with Crippen LogP contribution in [0.1, 0.15) is 5.56 Å². The van der Waals surface area contributed by atoms with Gasteiger partial charge in [-0.2, -0.15) is 0 Å². The second kappa shape index (κ2) is 3.03. The molecule has 2 rings (SSSR count). The fourth-order valence-corrected chi connectivity index (χ4v) is 1.70. The van der Waals surface area contributed by atoms with Crippen LogP contribution in [-0.4, -0.2) is 4.98 Å². The van der Waals surface area contributed by atoms with Crippen LogP contribution in [0, 0.1) is 6.92 Å². The van der Waals surface area contributed by atoms with Crippen molar-refractivity contribution in [3.8, 4) is 0 Å². The molecule has 0 fully saturated rings. The van der Waals surface area contributed by atoms with Crippen LogP contribution < -0.4 is 11.5 Å². The highest BCUT2D eigenvalue weighted by Crippen LogP contribution is 2.32. The van der Waals surface area contributed by atoms with E-state index >= 15 is 0 Å². The Balaban J connectivity index is 3.01. The van der Waals surface area contributed by atoms with Crippen LogP contribution in [0.5, 0.6) is 0 Å². The standard InChI is InChI=1S/C10H10ClN3/c1-5-2-3-6(11)8-9(13)7(12)4-14-10(5)8/h2-4H,12H2,1H3,(H2,13,14). The molecule has 72 valence electrons. The molecular formula is C10H10ClN3. The van der Waals surface area contributed by atoms with Gasteiger partial charge in [0.2, 0.25) is 0 Å². The fourth-order valence-electron chi connectivity index (χ4n) is 1.44. The van der Waals surface area contributed by atoms with E-state index < -0.39 is 0 Å². The molecule has 1 aromatic heterocycles. The molecule has 14 heavy (non-hydrogen) atoms. The summed E-state index contributed by atoms with van der Waals surface area (Å²) in [4.78, 5) is 4.21. The first-order valence-electron chi connectivity index (χ1n) is 4.20. The Morgan fingerprint density at radius 3 is 2.71 bits per heavy atom. The second-order valence-electron chi connectivity index (χ2n) is 3.22. The quantitative estimate of drug-likeness (QED) is 0.697. The van der Waals surface area contributed by atoms with Gasteiger partial charge in [0.15, 0.2) is 0 Å². The number of rotatable bonds is 0. The second-order valence-corrected chi connectivity index (χ2v) is 3.62. The third-order valence-corrected chi connectivity index (χ3v) is 2.56. The molecule has 3 nitrogen and oxygen atoms in total. The first kappa shape index (κ1) is 9.09. The van der Waals surface area contributed by atoms with E-state index in [1.165, 1.54) is 0 Å². The predicted octanol–water partition coefficient (Wildman–Crippen LogP) is 2.36. The van der Waals surface area contributed by atoms with E-state index in [1.807, 2.05) is 13.0 Å². The molecule has 1 heterocycles. The summed E-state index contributed by atoms with van der Waals surface area (Å²) < 4.78 is 0. The van der Waals surface area contributed by atoms with Gasteiger partial charge in [-0.3, -0.25) is 4.98 Å². The van der Waals surface area contributed by atoms with Crippen LogP contribution in [0.2, 0.25) is 5.02 Å².